The first-order valence-electron chi connectivity index (χ1n) is 5.66. The third kappa shape index (κ3) is 3.98. The molecule has 0 aliphatic carbocycles. The van der Waals surface area contributed by atoms with Crippen LogP contribution in [0.1, 0.15) is 21.6 Å². The fourth-order valence-electron chi connectivity index (χ4n) is 1.61. The van der Waals surface area contributed by atoms with Crippen molar-refractivity contribution >= 4 is 29.3 Å². The molecular formula is C14H12ClNO2S. The molecule has 0 amide bonds. The molecule has 0 fully saturated rings. The van der Waals surface area contributed by atoms with Gasteiger partial charge in [0.15, 0.2) is 5.69 Å². The maximum absolute atomic E-state index is 11.0. The van der Waals surface area contributed by atoms with Crippen molar-refractivity contribution in [3.05, 3.63) is 64.4 Å². The van der Waals surface area contributed by atoms with Crippen LogP contribution < -0.4 is 0 Å². The number of aromatic nitrogens is 1. The van der Waals surface area contributed by atoms with Crippen molar-refractivity contribution in [1.82, 2.24) is 4.98 Å². The summed E-state index contributed by atoms with van der Waals surface area (Å²) < 4.78 is 0. The second kappa shape index (κ2) is 6.59. The quantitative estimate of drug-likeness (QED) is 0.909. The highest BCUT2D eigenvalue weighted by molar-refractivity contribution is 7.97. The lowest BCUT2D eigenvalue weighted by Gasteiger charge is -2.05. The van der Waals surface area contributed by atoms with Crippen molar-refractivity contribution in [1.29, 1.82) is 0 Å². The molecule has 0 aliphatic rings. The molecule has 0 atom stereocenters. The summed E-state index contributed by atoms with van der Waals surface area (Å²) in [6.07, 6.45) is 1.50. The van der Waals surface area contributed by atoms with Crippen LogP contribution in [-0.4, -0.2) is 16.1 Å². The standard InChI is InChI=1S/C14H12ClNO2S/c15-12-5-3-10(4-6-12)8-19-9-11-2-1-7-16-13(11)14(17)18/h1-7H,8-9H2,(H,17,18). The summed E-state index contributed by atoms with van der Waals surface area (Å²) in [4.78, 5) is 14.9. The Bertz CT molecular complexity index is 572. The maximum Gasteiger partial charge on any atom is 0.354 e. The molecule has 1 heterocycles. The minimum absolute atomic E-state index is 0.131. The van der Waals surface area contributed by atoms with Crippen molar-refractivity contribution in [2.45, 2.75) is 11.5 Å². The Morgan fingerprint density at radius 2 is 1.95 bits per heavy atom. The van der Waals surface area contributed by atoms with Crippen LogP contribution in [0, 0.1) is 0 Å². The van der Waals surface area contributed by atoms with E-state index < -0.39 is 5.97 Å². The SMILES string of the molecule is O=C(O)c1ncccc1CSCc1ccc(Cl)cc1. The molecule has 0 bridgehead atoms. The summed E-state index contributed by atoms with van der Waals surface area (Å²) in [5.74, 6) is 0.450. The lowest BCUT2D eigenvalue weighted by Crippen LogP contribution is -2.04. The number of carboxylic acids is 1. The highest BCUT2D eigenvalue weighted by atomic mass is 35.5. The molecule has 0 saturated carbocycles. The molecule has 2 aromatic rings. The Labute approximate surface area is 120 Å². The first-order chi connectivity index (χ1) is 9.16. The molecule has 3 nitrogen and oxygen atoms in total. The smallest absolute Gasteiger partial charge is 0.354 e. The molecule has 2 rings (SSSR count). The van der Waals surface area contributed by atoms with Crippen LogP contribution >= 0.6 is 23.4 Å². The summed E-state index contributed by atoms with van der Waals surface area (Å²) in [6.45, 7) is 0. The van der Waals surface area contributed by atoms with E-state index in [0.717, 1.165) is 16.9 Å². The van der Waals surface area contributed by atoms with Gasteiger partial charge in [0.1, 0.15) is 0 Å². The number of carbonyl (C=O) groups is 1. The normalized spacial score (nSPS) is 10.4. The number of hydrogen-bond donors (Lipinski definition) is 1. The Kier molecular flexibility index (Phi) is 4.82. The van der Waals surface area contributed by atoms with Gasteiger partial charge in [-0.05, 0) is 29.3 Å². The molecule has 0 spiro atoms. The molecule has 0 radical (unpaired) electrons. The van der Waals surface area contributed by atoms with Gasteiger partial charge < -0.3 is 5.11 Å². The monoisotopic (exact) mass is 293 g/mol. The van der Waals surface area contributed by atoms with Crippen molar-refractivity contribution in [2.75, 3.05) is 0 Å². The molecule has 5 heteroatoms. The molecule has 0 saturated heterocycles. The molecule has 19 heavy (non-hydrogen) atoms. The predicted molar refractivity (Wildman–Crippen MR) is 77.6 cm³/mol. The van der Waals surface area contributed by atoms with Crippen molar-refractivity contribution < 1.29 is 9.90 Å². The van der Waals surface area contributed by atoms with Gasteiger partial charge in [0.2, 0.25) is 0 Å². The minimum atomic E-state index is -0.984. The van der Waals surface area contributed by atoms with Crippen molar-refractivity contribution in [2.24, 2.45) is 0 Å². The second-order valence-corrected chi connectivity index (χ2v) is 5.36. The third-order valence-electron chi connectivity index (χ3n) is 2.53. The van der Waals surface area contributed by atoms with Gasteiger partial charge in [-0.15, -0.1) is 0 Å². The number of halogens is 1. The molecule has 0 unspecified atom stereocenters. The van der Waals surface area contributed by atoms with Crippen LogP contribution in [0.25, 0.3) is 0 Å². The summed E-state index contributed by atoms with van der Waals surface area (Å²) in [5, 5.41) is 9.74. The lowest BCUT2D eigenvalue weighted by atomic mass is 10.2. The minimum Gasteiger partial charge on any atom is -0.477 e. The molecule has 1 aromatic heterocycles. The predicted octanol–water partition coefficient (Wildman–Crippen LogP) is 3.87. The number of hydrogen-bond acceptors (Lipinski definition) is 3. The molecule has 1 aromatic carbocycles. The van der Waals surface area contributed by atoms with E-state index in [4.69, 9.17) is 16.7 Å². The fourth-order valence-corrected chi connectivity index (χ4v) is 2.72. The number of nitrogens with zero attached hydrogens (tertiary/aromatic N) is 1. The largest absolute Gasteiger partial charge is 0.477 e. The topological polar surface area (TPSA) is 50.2 Å². The molecule has 98 valence electrons. The van der Waals surface area contributed by atoms with E-state index in [0.29, 0.717) is 10.8 Å². The number of thioether (sulfide) groups is 1. The maximum atomic E-state index is 11.0. The number of pyridine rings is 1. The van der Waals surface area contributed by atoms with E-state index in [1.807, 2.05) is 24.3 Å². The zero-order valence-electron chi connectivity index (χ0n) is 10.0. The van der Waals surface area contributed by atoms with Gasteiger partial charge >= 0.3 is 5.97 Å². The first kappa shape index (κ1) is 13.9. The van der Waals surface area contributed by atoms with Gasteiger partial charge in [-0.1, -0.05) is 29.8 Å². The third-order valence-corrected chi connectivity index (χ3v) is 3.84. The number of rotatable bonds is 5. The van der Waals surface area contributed by atoms with Crippen molar-refractivity contribution in [3.8, 4) is 0 Å². The number of carboxylic acid groups (broad SMARTS) is 1. The van der Waals surface area contributed by atoms with E-state index in [9.17, 15) is 4.79 Å². The zero-order chi connectivity index (χ0) is 13.7. The molecular weight excluding hydrogens is 282 g/mol. The second-order valence-electron chi connectivity index (χ2n) is 3.94. The van der Waals surface area contributed by atoms with Gasteiger partial charge in [0, 0.05) is 22.7 Å². The van der Waals surface area contributed by atoms with Crippen LogP contribution in [0.4, 0.5) is 0 Å². The lowest BCUT2D eigenvalue weighted by molar-refractivity contribution is 0.0689. The Morgan fingerprint density at radius 1 is 1.21 bits per heavy atom. The average molecular weight is 294 g/mol. The highest BCUT2D eigenvalue weighted by Gasteiger charge is 2.10. The summed E-state index contributed by atoms with van der Waals surface area (Å²) >= 11 is 7.47. The van der Waals surface area contributed by atoms with E-state index in [1.165, 1.54) is 6.20 Å². The van der Waals surface area contributed by atoms with E-state index in [-0.39, 0.29) is 5.69 Å². The Hall–Kier alpha value is -1.52. The van der Waals surface area contributed by atoms with Gasteiger partial charge in [-0.3, -0.25) is 0 Å². The summed E-state index contributed by atoms with van der Waals surface area (Å²) in [7, 11) is 0. The van der Waals surface area contributed by atoms with Crippen LogP contribution in [0.5, 0.6) is 0 Å². The Balaban J connectivity index is 1.96. The van der Waals surface area contributed by atoms with E-state index in [2.05, 4.69) is 4.98 Å². The summed E-state index contributed by atoms with van der Waals surface area (Å²) in [6, 6.07) is 11.2. The van der Waals surface area contributed by atoms with Gasteiger partial charge in [0.25, 0.3) is 0 Å². The van der Waals surface area contributed by atoms with Crippen LogP contribution in [-0.2, 0) is 11.5 Å². The zero-order valence-corrected chi connectivity index (χ0v) is 11.6. The van der Waals surface area contributed by atoms with Gasteiger partial charge in [-0.25, -0.2) is 9.78 Å². The van der Waals surface area contributed by atoms with Crippen LogP contribution in [0.15, 0.2) is 42.6 Å². The highest BCUT2D eigenvalue weighted by Crippen LogP contribution is 2.20. The number of aromatic carboxylic acids is 1. The average Bonchev–Trinajstić information content (AvgIpc) is 2.41. The van der Waals surface area contributed by atoms with Gasteiger partial charge in [0.05, 0.1) is 0 Å². The molecule has 0 aliphatic heterocycles. The summed E-state index contributed by atoms with van der Waals surface area (Å²) in [5.41, 5.74) is 2.04. The van der Waals surface area contributed by atoms with Crippen LogP contribution in [0.2, 0.25) is 5.02 Å². The number of benzene rings is 1. The molecule has 1 N–H and O–H groups in total. The fraction of sp³-hybridized carbons (Fsp3) is 0.143. The Morgan fingerprint density at radius 3 is 2.63 bits per heavy atom. The van der Waals surface area contributed by atoms with Crippen molar-refractivity contribution in [3.63, 3.8) is 0 Å². The van der Waals surface area contributed by atoms with Crippen LogP contribution in [0.3, 0.4) is 0 Å². The first-order valence-corrected chi connectivity index (χ1v) is 7.19. The van der Waals surface area contributed by atoms with Gasteiger partial charge in [-0.2, -0.15) is 11.8 Å². The van der Waals surface area contributed by atoms with E-state index in [1.54, 1.807) is 23.9 Å². The van der Waals surface area contributed by atoms with E-state index >= 15 is 0 Å².